The van der Waals surface area contributed by atoms with Crippen molar-refractivity contribution in [3.8, 4) is 0 Å². The highest BCUT2D eigenvalue weighted by Gasteiger charge is 2.30. The maximum Gasteiger partial charge on any atom is 0.228 e. The molecule has 17 heavy (non-hydrogen) atoms. The van der Waals surface area contributed by atoms with Crippen molar-refractivity contribution in [3.05, 3.63) is 28.8 Å². The number of rotatable bonds is 2. The number of nitrogens with zero attached hydrogens (tertiary/aromatic N) is 1. The molecule has 0 N–H and O–H groups in total. The second kappa shape index (κ2) is 4.78. The monoisotopic (exact) mass is 315 g/mol. The number of anilines is 1. The van der Waals surface area contributed by atoms with E-state index in [0.717, 1.165) is 0 Å². The summed E-state index contributed by atoms with van der Waals surface area (Å²) in [6, 6.07) is 5.00. The van der Waals surface area contributed by atoms with E-state index in [1.54, 1.807) is 23.1 Å². The van der Waals surface area contributed by atoms with Gasteiger partial charge in [-0.15, -0.1) is 0 Å². The number of ketones is 1. The van der Waals surface area contributed by atoms with Crippen molar-refractivity contribution in [1.29, 1.82) is 0 Å². The van der Waals surface area contributed by atoms with Crippen LogP contribution in [0.25, 0.3) is 0 Å². The first-order valence-electron chi connectivity index (χ1n) is 5.24. The topological polar surface area (TPSA) is 37.4 Å². The minimum absolute atomic E-state index is 0.0227. The molecule has 90 valence electrons. The molecule has 1 aliphatic heterocycles. The molecular weight excluding hydrogens is 305 g/mol. The first-order valence-corrected chi connectivity index (χ1v) is 6.53. The highest BCUT2D eigenvalue weighted by molar-refractivity contribution is 9.09. The molecule has 0 aromatic heterocycles. The third-order valence-electron chi connectivity index (χ3n) is 2.72. The van der Waals surface area contributed by atoms with E-state index in [1.165, 1.54) is 6.92 Å². The van der Waals surface area contributed by atoms with Crippen LogP contribution in [0.4, 0.5) is 5.69 Å². The van der Waals surface area contributed by atoms with E-state index in [1.807, 2.05) is 0 Å². The van der Waals surface area contributed by atoms with Crippen LogP contribution in [0.2, 0.25) is 5.02 Å². The zero-order valence-electron chi connectivity index (χ0n) is 9.24. The standard InChI is InChI=1S/C12H11BrClNO2/c1-7(16)8-2-3-10(14)11(4-8)15-6-9(13)5-12(15)17/h2-4,9H,5-6H2,1H3. The molecule has 0 radical (unpaired) electrons. The lowest BCUT2D eigenvalue weighted by Gasteiger charge is -2.18. The van der Waals surface area contributed by atoms with Gasteiger partial charge >= 0.3 is 0 Å². The van der Waals surface area contributed by atoms with Gasteiger partial charge in [-0.05, 0) is 25.1 Å². The van der Waals surface area contributed by atoms with Gasteiger partial charge in [0.1, 0.15) is 0 Å². The van der Waals surface area contributed by atoms with Gasteiger partial charge in [-0.1, -0.05) is 27.5 Å². The molecule has 0 bridgehead atoms. The van der Waals surface area contributed by atoms with Gasteiger partial charge in [-0.25, -0.2) is 0 Å². The maximum absolute atomic E-state index is 11.8. The average Bonchev–Trinajstić information content (AvgIpc) is 2.58. The average molecular weight is 317 g/mol. The molecule has 1 fully saturated rings. The van der Waals surface area contributed by atoms with Crippen LogP contribution in [0.1, 0.15) is 23.7 Å². The molecule has 1 saturated heterocycles. The summed E-state index contributed by atoms with van der Waals surface area (Å²) in [5.74, 6) is -0.0144. The van der Waals surface area contributed by atoms with E-state index < -0.39 is 0 Å². The molecule has 1 aliphatic rings. The summed E-state index contributed by atoms with van der Waals surface area (Å²) >= 11 is 9.49. The van der Waals surface area contributed by atoms with E-state index in [2.05, 4.69) is 15.9 Å². The zero-order chi connectivity index (χ0) is 12.6. The fourth-order valence-corrected chi connectivity index (χ4v) is 2.62. The molecule has 1 aromatic carbocycles. The third-order valence-corrected chi connectivity index (χ3v) is 3.65. The Morgan fingerprint density at radius 2 is 2.24 bits per heavy atom. The number of alkyl halides is 1. The van der Waals surface area contributed by atoms with E-state index in [0.29, 0.717) is 29.2 Å². The molecule has 0 saturated carbocycles. The van der Waals surface area contributed by atoms with Gasteiger partial charge in [-0.3, -0.25) is 9.59 Å². The Labute approximate surface area is 113 Å². The summed E-state index contributed by atoms with van der Waals surface area (Å²) in [6.45, 7) is 2.08. The Morgan fingerprint density at radius 1 is 1.53 bits per heavy atom. The molecule has 3 nitrogen and oxygen atoms in total. The van der Waals surface area contributed by atoms with Crippen LogP contribution in [0.5, 0.6) is 0 Å². The normalized spacial score (nSPS) is 19.8. The third kappa shape index (κ3) is 2.53. The molecule has 1 amide bonds. The number of benzene rings is 1. The van der Waals surface area contributed by atoms with Crippen LogP contribution < -0.4 is 4.90 Å². The van der Waals surface area contributed by atoms with Gasteiger partial charge in [0.15, 0.2) is 5.78 Å². The molecule has 0 aliphatic carbocycles. The number of amides is 1. The van der Waals surface area contributed by atoms with E-state index >= 15 is 0 Å². The van der Waals surface area contributed by atoms with Gasteiger partial charge in [0, 0.05) is 23.4 Å². The predicted octanol–water partition coefficient (Wildman–Crippen LogP) is 3.04. The Kier molecular flexibility index (Phi) is 3.54. The van der Waals surface area contributed by atoms with Crippen LogP contribution in [0.15, 0.2) is 18.2 Å². The highest BCUT2D eigenvalue weighted by atomic mass is 79.9. The Bertz CT molecular complexity index is 489. The predicted molar refractivity (Wildman–Crippen MR) is 71.1 cm³/mol. The van der Waals surface area contributed by atoms with Crippen molar-refractivity contribution in [2.75, 3.05) is 11.4 Å². The number of hydrogen-bond acceptors (Lipinski definition) is 2. The fraction of sp³-hybridized carbons (Fsp3) is 0.333. The zero-order valence-corrected chi connectivity index (χ0v) is 11.6. The number of Topliss-reactive ketones (excluding diaryl/α,β-unsaturated/α-hetero) is 1. The molecule has 1 atom stereocenters. The van der Waals surface area contributed by atoms with E-state index in [4.69, 9.17) is 11.6 Å². The van der Waals surface area contributed by atoms with Gasteiger partial charge in [-0.2, -0.15) is 0 Å². The largest absolute Gasteiger partial charge is 0.310 e. The molecule has 5 heteroatoms. The lowest BCUT2D eigenvalue weighted by molar-refractivity contribution is -0.117. The Hall–Kier alpha value is -0.870. The lowest BCUT2D eigenvalue weighted by Crippen LogP contribution is -2.25. The van der Waals surface area contributed by atoms with Crippen LogP contribution in [0, 0.1) is 0 Å². The van der Waals surface area contributed by atoms with Gasteiger partial charge in [0.2, 0.25) is 5.91 Å². The van der Waals surface area contributed by atoms with Crippen molar-refractivity contribution >= 4 is 44.9 Å². The van der Waals surface area contributed by atoms with Gasteiger partial charge in [0.05, 0.1) is 10.7 Å². The van der Waals surface area contributed by atoms with Crippen molar-refractivity contribution in [3.63, 3.8) is 0 Å². The SMILES string of the molecule is CC(=O)c1ccc(Cl)c(N2CC(Br)CC2=O)c1. The summed E-state index contributed by atoms with van der Waals surface area (Å²) in [5.41, 5.74) is 1.18. The second-order valence-electron chi connectivity index (χ2n) is 4.03. The minimum atomic E-state index is -0.0371. The van der Waals surface area contributed by atoms with Crippen LogP contribution in [-0.4, -0.2) is 23.1 Å². The second-order valence-corrected chi connectivity index (χ2v) is 5.73. The maximum atomic E-state index is 11.8. The van der Waals surface area contributed by atoms with Crippen LogP contribution in [-0.2, 0) is 4.79 Å². The van der Waals surface area contributed by atoms with Crippen molar-refractivity contribution in [2.45, 2.75) is 18.2 Å². The first kappa shape index (κ1) is 12.6. The van der Waals surface area contributed by atoms with Crippen molar-refractivity contribution < 1.29 is 9.59 Å². The van der Waals surface area contributed by atoms with Crippen LogP contribution in [0.3, 0.4) is 0 Å². The van der Waals surface area contributed by atoms with Crippen molar-refractivity contribution in [1.82, 2.24) is 0 Å². The first-order chi connectivity index (χ1) is 7.99. The minimum Gasteiger partial charge on any atom is -0.310 e. The quantitative estimate of drug-likeness (QED) is 0.621. The number of hydrogen-bond donors (Lipinski definition) is 0. The van der Waals surface area contributed by atoms with Gasteiger partial charge < -0.3 is 4.90 Å². The van der Waals surface area contributed by atoms with Crippen molar-refractivity contribution in [2.24, 2.45) is 0 Å². The summed E-state index contributed by atoms with van der Waals surface area (Å²) in [4.78, 5) is 24.8. The highest BCUT2D eigenvalue weighted by Crippen LogP contribution is 2.32. The number of carbonyl (C=O) groups is 2. The molecular formula is C12H11BrClNO2. The Balaban J connectivity index is 2.41. The fourth-order valence-electron chi connectivity index (χ4n) is 1.84. The lowest BCUT2D eigenvalue weighted by atomic mass is 10.1. The van der Waals surface area contributed by atoms with E-state index in [-0.39, 0.29) is 16.5 Å². The summed E-state index contributed by atoms with van der Waals surface area (Å²) in [7, 11) is 0. The van der Waals surface area contributed by atoms with E-state index in [9.17, 15) is 9.59 Å². The molecule has 1 aromatic rings. The summed E-state index contributed by atoms with van der Waals surface area (Å²) < 4.78 is 0. The van der Waals surface area contributed by atoms with Gasteiger partial charge in [0.25, 0.3) is 0 Å². The summed E-state index contributed by atoms with van der Waals surface area (Å²) in [5, 5.41) is 0.491. The molecule has 1 heterocycles. The van der Waals surface area contributed by atoms with Crippen LogP contribution >= 0.6 is 27.5 Å². The smallest absolute Gasteiger partial charge is 0.228 e. The molecule has 2 rings (SSSR count). The number of halogens is 2. The summed E-state index contributed by atoms with van der Waals surface area (Å²) in [6.07, 6.45) is 0.459. The molecule has 1 unspecified atom stereocenters. The molecule has 0 spiro atoms. The number of carbonyl (C=O) groups excluding carboxylic acids is 2. The Morgan fingerprint density at radius 3 is 2.76 bits per heavy atom.